The first kappa shape index (κ1) is 20.2. The summed E-state index contributed by atoms with van der Waals surface area (Å²) in [7, 11) is 0. The Kier molecular flexibility index (Phi) is 5.55. The van der Waals surface area contributed by atoms with E-state index in [0.29, 0.717) is 36.5 Å². The average Bonchev–Trinajstić information content (AvgIpc) is 2.82. The highest BCUT2D eigenvalue weighted by Gasteiger charge is 2.23. The highest BCUT2D eigenvalue weighted by atomic mass is 19.1. The van der Waals surface area contributed by atoms with Crippen molar-refractivity contribution in [1.82, 2.24) is 24.8 Å². The molecule has 0 amide bonds. The van der Waals surface area contributed by atoms with Gasteiger partial charge in [0.05, 0.1) is 23.6 Å². The first-order valence-electron chi connectivity index (χ1n) is 10.4. The summed E-state index contributed by atoms with van der Waals surface area (Å²) in [5.74, 6) is 0.316. The third-order valence-electron chi connectivity index (χ3n) is 5.45. The van der Waals surface area contributed by atoms with Crippen LogP contribution in [0.15, 0.2) is 61.2 Å². The molecule has 5 rings (SSSR count). The highest BCUT2D eigenvalue weighted by Crippen LogP contribution is 2.28. The van der Waals surface area contributed by atoms with Crippen LogP contribution >= 0.6 is 0 Å². The molecule has 0 unspecified atom stereocenters. The van der Waals surface area contributed by atoms with Crippen LogP contribution in [0.2, 0.25) is 0 Å². The van der Waals surface area contributed by atoms with Gasteiger partial charge in [0.25, 0.3) is 0 Å². The van der Waals surface area contributed by atoms with Crippen LogP contribution in [0.1, 0.15) is 5.56 Å². The van der Waals surface area contributed by atoms with Gasteiger partial charge in [0.2, 0.25) is 0 Å². The van der Waals surface area contributed by atoms with Gasteiger partial charge in [-0.05, 0) is 24.3 Å². The third kappa shape index (κ3) is 4.33. The van der Waals surface area contributed by atoms with Crippen LogP contribution in [-0.4, -0.2) is 51.0 Å². The molecule has 162 valence electrons. The molecule has 4 aromatic rings. The van der Waals surface area contributed by atoms with Gasteiger partial charge in [-0.25, -0.2) is 18.7 Å². The normalized spacial score (nSPS) is 14.6. The topological polar surface area (TPSA) is 70.1 Å². The van der Waals surface area contributed by atoms with Crippen LogP contribution in [0.25, 0.3) is 11.0 Å². The monoisotopic (exact) mass is 433 g/mol. The molecule has 0 spiro atoms. The zero-order chi connectivity index (χ0) is 21.9. The van der Waals surface area contributed by atoms with Crippen LogP contribution in [0.3, 0.4) is 0 Å². The molecule has 1 aliphatic rings. The quantitative estimate of drug-likeness (QED) is 0.514. The standard InChI is InChI=1S/C23H21F2N7/c24-17-4-3-16(19(25)12-17)15-31-8-10-32(11-9-31)23-22(28-18-2-1-6-26-13-18)29-21-14-27-7-5-20(21)30-23/h1-7,12-14H,8-11,15H2,(H,28,29). The van der Waals surface area contributed by atoms with Crippen molar-refractivity contribution in [3.8, 4) is 0 Å². The molecule has 1 fully saturated rings. The summed E-state index contributed by atoms with van der Waals surface area (Å²) < 4.78 is 27.2. The van der Waals surface area contributed by atoms with E-state index in [4.69, 9.17) is 9.97 Å². The van der Waals surface area contributed by atoms with Gasteiger partial charge in [-0.15, -0.1) is 0 Å². The lowest BCUT2D eigenvalue weighted by Crippen LogP contribution is -2.46. The molecule has 1 aromatic carbocycles. The summed E-state index contributed by atoms with van der Waals surface area (Å²) in [6, 6.07) is 9.35. The maximum absolute atomic E-state index is 14.0. The number of anilines is 3. The number of hydrogen-bond donors (Lipinski definition) is 1. The number of nitrogens with one attached hydrogen (secondary N) is 1. The first-order valence-corrected chi connectivity index (χ1v) is 10.4. The molecule has 0 bridgehead atoms. The molecule has 32 heavy (non-hydrogen) atoms. The number of halogens is 2. The van der Waals surface area contributed by atoms with Gasteiger partial charge >= 0.3 is 0 Å². The Morgan fingerprint density at radius 1 is 0.875 bits per heavy atom. The van der Waals surface area contributed by atoms with Crippen molar-refractivity contribution >= 4 is 28.4 Å². The molecule has 4 heterocycles. The second kappa shape index (κ2) is 8.80. The number of piperazine rings is 1. The number of benzene rings is 1. The van der Waals surface area contributed by atoms with E-state index in [9.17, 15) is 8.78 Å². The summed E-state index contributed by atoms with van der Waals surface area (Å²) >= 11 is 0. The van der Waals surface area contributed by atoms with Crippen molar-refractivity contribution in [3.05, 3.63) is 78.4 Å². The molecule has 0 aliphatic carbocycles. The highest BCUT2D eigenvalue weighted by molar-refractivity contribution is 5.81. The minimum absolute atomic E-state index is 0.440. The largest absolute Gasteiger partial charge is 0.351 e. The summed E-state index contributed by atoms with van der Waals surface area (Å²) in [6.07, 6.45) is 6.83. The number of aromatic nitrogens is 4. The van der Waals surface area contributed by atoms with E-state index in [1.807, 2.05) is 18.2 Å². The smallest absolute Gasteiger partial charge is 0.174 e. The zero-order valence-corrected chi connectivity index (χ0v) is 17.2. The predicted molar refractivity (Wildman–Crippen MR) is 119 cm³/mol. The third-order valence-corrected chi connectivity index (χ3v) is 5.45. The molecule has 9 heteroatoms. The fourth-order valence-corrected chi connectivity index (χ4v) is 3.78. The van der Waals surface area contributed by atoms with Crippen molar-refractivity contribution in [2.24, 2.45) is 0 Å². The van der Waals surface area contributed by atoms with E-state index in [2.05, 4.69) is 25.1 Å². The van der Waals surface area contributed by atoms with Gasteiger partial charge in [0.1, 0.15) is 17.2 Å². The van der Waals surface area contributed by atoms with Crippen LogP contribution < -0.4 is 10.2 Å². The van der Waals surface area contributed by atoms with Crippen LogP contribution in [0.5, 0.6) is 0 Å². The lowest BCUT2D eigenvalue weighted by atomic mass is 10.1. The molecule has 1 saturated heterocycles. The molecule has 7 nitrogen and oxygen atoms in total. The fourth-order valence-electron chi connectivity index (χ4n) is 3.78. The van der Waals surface area contributed by atoms with Gasteiger partial charge in [0, 0.05) is 56.7 Å². The Labute approximate surface area is 183 Å². The van der Waals surface area contributed by atoms with Gasteiger partial charge in [-0.3, -0.25) is 14.9 Å². The second-order valence-corrected chi connectivity index (χ2v) is 7.63. The minimum Gasteiger partial charge on any atom is -0.351 e. The lowest BCUT2D eigenvalue weighted by Gasteiger charge is -2.36. The number of hydrogen-bond acceptors (Lipinski definition) is 7. The summed E-state index contributed by atoms with van der Waals surface area (Å²) in [6.45, 7) is 3.29. The maximum atomic E-state index is 14.0. The molecular weight excluding hydrogens is 412 g/mol. The Bertz CT molecular complexity index is 1230. The Morgan fingerprint density at radius 3 is 2.50 bits per heavy atom. The van der Waals surface area contributed by atoms with Gasteiger partial charge in [-0.2, -0.15) is 0 Å². The molecule has 0 radical (unpaired) electrons. The molecule has 3 aromatic heterocycles. The number of nitrogens with zero attached hydrogens (tertiary/aromatic N) is 6. The number of rotatable bonds is 5. The van der Waals surface area contributed by atoms with E-state index in [-0.39, 0.29) is 0 Å². The molecule has 0 saturated carbocycles. The fraction of sp³-hybridized carbons (Fsp3) is 0.217. The summed E-state index contributed by atoms with van der Waals surface area (Å²) in [5.41, 5.74) is 2.78. The second-order valence-electron chi connectivity index (χ2n) is 7.63. The van der Waals surface area contributed by atoms with E-state index < -0.39 is 11.6 Å². The van der Waals surface area contributed by atoms with Gasteiger partial charge in [-0.1, -0.05) is 6.07 Å². The van der Waals surface area contributed by atoms with Crippen molar-refractivity contribution in [1.29, 1.82) is 0 Å². The van der Waals surface area contributed by atoms with Crippen molar-refractivity contribution in [2.75, 3.05) is 36.4 Å². The molecular formula is C23H21F2N7. The molecule has 1 aliphatic heterocycles. The van der Waals surface area contributed by atoms with E-state index in [1.54, 1.807) is 24.8 Å². The van der Waals surface area contributed by atoms with Crippen molar-refractivity contribution < 1.29 is 8.78 Å². The van der Waals surface area contributed by atoms with E-state index in [0.717, 1.165) is 36.2 Å². The van der Waals surface area contributed by atoms with Gasteiger partial charge < -0.3 is 10.2 Å². The first-order chi connectivity index (χ1) is 15.7. The molecule has 1 N–H and O–H groups in total. The van der Waals surface area contributed by atoms with E-state index >= 15 is 0 Å². The SMILES string of the molecule is Fc1ccc(CN2CCN(c3nc4ccncc4nc3Nc3cccnc3)CC2)c(F)c1. The Balaban J connectivity index is 1.36. The van der Waals surface area contributed by atoms with Crippen molar-refractivity contribution in [2.45, 2.75) is 6.54 Å². The summed E-state index contributed by atoms with van der Waals surface area (Å²) in [4.78, 5) is 22.2. The Hall–Kier alpha value is -3.72. The minimum atomic E-state index is -0.560. The maximum Gasteiger partial charge on any atom is 0.174 e. The van der Waals surface area contributed by atoms with E-state index in [1.165, 1.54) is 12.1 Å². The predicted octanol–water partition coefficient (Wildman–Crippen LogP) is 3.76. The van der Waals surface area contributed by atoms with Gasteiger partial charge in [0.15, 0.2) is 11.6 Å². The van der Waals surface area contributed by atoms with Crippen LogP contribution in [0.4, 0.5) is 26.1 Å². The Morgan fingerprint density at radius 2 is 1.72 bits per heavy atom. The average molecular weight is 433 g/mol. The molecule has 0 atom stereocenters. The van der Waals surface area contributed by atoms with Crippen LogP contribution in [-0.2, 0) is 6.54 Å². The lowest BCUT2D eigenvalue weighted by molar-refractivity contribution is 0.246. The number of fused-ring (bicyclic) bond motifs is 1. The van der Waals surface area contributed by atoms with Crippen molar-refractivity contribution in [3.63, 3.8) is 0 Å². The van der Waals surface area contributed by atoms with Crippen LogP contribution in [0, 0.1) is 11.6 Å². The zero-order valence-electron chi connectivity index (χ0n) is 17.2. The summed E-state index contributed by atoms with van der Waals surface area (Å²) in [5, 5.41) is 3.32. The number of pyridine rings is 2.